The van der Waals surface area contributed by atoms with E-state index in [9.17, 15) is 9.90 Å². The first kappa shape index (κ1) is 14.9. The summed E-state index contributed by atoms with van der Waals surface area (Å²) in [6, 6.07) is 10.9. The zero-order valence-corrected chi connectivity index (χ0v) is 11.9. The molecular weight excluding hydrogens is 292 g/mol. The molecule has 5 nitrogen and oxygen atoms in total. The van der Waals surface area contributed by atoms with Crippen LogP contribution in [0.1, 0.15) is 22.8 Å². The Hall–Kier alpha value is -2.53. The lowest BCUT2D eigenvalue weighted by molar-refractivity contribution is 0.0697. The van der Waals surface area contributed by atoms with Crippen LogP contribution in [-0.4, -0.2) is 21.9 Å². The van der Waals surface area contributed by atoms with Gasteiger partial charge in [0.15, 0.2) is 0 Å². The number of anilines is 1. The number of carboxylic acids is 1. The highest BCUT2D eigenvalue weighted by Gasteiger charge is 2.07. The molecule has 0 fully saturated rings. The van der Waals surface area contributed by atoms with Crippen LogP contribution in [-0.2, 0) is 0 Å². The first-order valence-electron chi connectivity index (χ1n) is 6.10. The number of rotatable bonds is 4. The van der Waals surface area contributed by atoms with Gasteiger partial charge in [0.1, 0.15) is 5.75 Å². The largest absolute Gasteiger partial charge is 0.508 e. The van der Waals surface area contributed by atoms with Gasteiger partial charge in [-0.15, -0.1) is 0 Å². The Bertz CT molecular complexity index is 697. The number of hydrogen-bond acceptors (Lipinski definition) is 4. The minimum atomic E-state index is -1.03. The molecule has 6 heteroatoms. The van der Waals surface area contributed by atoms with Crippen molar-refractivity contribution in [2.75, 3.05) is 5.43 Å². The SMILES string of the molecule is C/C(=N\Nc1cc(C(=O)O)ccc1Cl)c1ccc(O)cc1. The summed E-state index contributed by atoms with van der Waals surface area (Å²) in [5.41, 5.74) is 4.79. The number of benzene rings is 2. The van der Waals surface area contributed by atoms with E-state index in [-0.39, 0.29) is 11.3 Å². The van der Waals surface area contributed by atoms with Crippen LogP contribution in [0.3, 0.4) is 0 Å². The van der Waals surface area contributed by atoms with Crippen molar-refractivity contribution in [3.8, 4) is 5.75 Å². The van der Waals surface area contributed by atoms with Crippen LogP contribution in [0, 0.1) is 0 Å². The van der Waals surface area contributed by atoms with Crippen molar-refractivity contribution in [1.82, 2.24) is 0 Å². The van der Waals surface area contributed by atoms with Gasteiger partial charge in [-0.2, -0.15) is 5.10 Å². The summed E-state index contributed by atoms with van der Waals surface area (Å²) in [5.74, 6) is -0.856. The fourth-order valence-electron chi connectivity index (χ4n) is 1.66. The highest BCUT2D eigenvalue weighted by Crippen LogP contribution is 2.23. The van der Waals surface area contributed by atoms with Crippen molar-refractivity contribution < 1.29 is 15.0 Å². The molecule has 0 aliphatic carbocycles. The van der Waals surface area contributed by atoms with E-state index >= 15 is 0 Å². The third-order valence-corrected chi connectivity index (χ3v) is 3.17. The smallest absolute Gasteiger partial charge is 0.335 e. The third kappa shape index (κ3) is 3.73. The molecule has 0 saturated carbocycles. The molecule has 0 radical (unpaired) electrons. The number of phenolic OH excluding ortho intramolecular Hbond substituents is 1. The predicted octanol–water partition coefficient (Wildman–Crippen LogP) is 3.58. The second kappa shape index (κ2) is 6.28. The molecule has 2 aromatic rings. The van der Waals surface area contributed by atoms with E-state index in [0.29, 0.717) is 16.4 Å². The molecule has 0 aromatic heterocycles. The van der Waals surface area contributed by atoms with Crippen molar-refractivity contribution in [3.05, 3.63) is 58.6 Å². The summed E-state index contributed by atoms with van der Waals surface area (Å²) < 4.78 is 0. The van der Waals surface area contributed by atoms with Crippen LogP contribution in [0.2, 0.25) is 5.02 Å². The summed E-state index contributed by atoms with van der Waals surface area (Å²) in [7, 11) is 0. The van der Waals surface area contributed by atoms with E-state index in [1.165, 1.54) is 18.2 Å². The first-order valence-corrected chi connectivity index (χ1v) is 6.47. The molecule has 0 bridgehead atoms. The van der Waals surface area contributed by atoms with E-state index in [1.807, 2.05) is 0 Å². The Balaban J connectivity index is 2.21. The number of phenols is 1. The van der Waals surface area contributed by atoms with Crippen LogP contribution < -0.4 is 5.43 Å². The fourth-order valence-corrected chi connectivity index (χ4v) is 1.82. The number of halogens is 1. The van der Waals surface area contributed by atoms with Gasteiger partial charge in [0.2, 0.25) is 0 Å². The Labute approximate surface area is 126 Å². The Kier molecular flexibility index (Phi) is 4.45. The van der Waals surface area contributed by atoms with Gasteiger partial charge in [-0.3, -0.25) is 5.43 Å². The monoisotopic (exact) mass is 304 g/mol. The fraction of sp³-hybridized carbons (Fsp3) is 0.0667. The van der Waals surface area contributed by atoms with E-state index in [1.54, 1.807) is 31.2 Å². The molecule has 0 atom stereocenters. The van der Waals surface area contributed by atoms with Crippen molar-refractivity contribution in [3.63, 3.8) is 0 Å². The second-order valence-electron chi connectivity index (χ2n) is 4.36. The summed E-state index contributed by atoms with van der Waals surface area (Å²) in [6.45, 7) is 1.79. The zero-order chi connectivity index (χ0) is 15.4. The van der Waals surface area contributed by atoms with E-state index in [4.69, 9.17) is 16.7 Å². The highest BCUT2D eigenvalue weighted by atomic mass is 35.5. The summed E-state index contributed by atoms with van der Waals surface area (Å²) >= 11 is 5.99. The van der Waals surface area contributed by atoms with Gasteiger partial charge in [0.05, 0.1) is 22.0 Å². The lowest BCUT2D eigenvalue weighted by Gasteiger charge is -2.07. The predicted molar refractivity (Wildman–Crippen MR) is 82.4 cm³/mol. The van der Waals surface area contributed by atoms with Crippen LogP contribution >= 0.6 is 11.6 Å². The number of carboxylic acid groups (broad SMARTS) is 1. The number of nitrogens with zero attached hydrogens (tertiary/aromatic N) is 1. The summed E-state index contributed by atoms with van der Waals surface area (Å²) in [6.07, 6.45) is 0. The minimum absolute atomic E-state index is 0.124. The standard InChI is InChI=1S/C15H13ClN2O3/c1-9(10-2-5-12(19)6-3-10)17-18-14-8-11(15(20)21)4-7-13(14)16/h2-8,18-19H,1H3,(H,20,21)/b17-9+. The topological polar surface area (TPSA) is 81.9 Å². The van der Waals surface area contributed by atoms with Gasteiger partial charge in [0, 0.05) is 0 Å². The minimum Gasteiger partial charge on any atom is -0.508 e. The van der Waals surface area contributed by atoms with Crippen LogP contribution in [0.25, 0.3) is 0 Å². The molecule has 3 N–H and O–H groups in total. The lowest BCUT2D eigenvalue weighted by Crippen LogP contribution is -2.02. The molecule has 0 spiro atoms. The molecule has 108 valence electrons. The van der Waals surface area contributed by atoms with E-state index in [2.05, 4.69) is 10.5 Å². The van der Waals surface area contributed by atoms with Crippen molar-refractivity contribution in [2.45, 2.75) is 6.92 Å². The molecule has 0 saturated heterocycles. The number of hydrazone groups is 1. The Morgan fingerprint density at radius 1 is 1.14 bits per heavy atom. The molecule has 2 aromatic carbocycles. The number of nitrogens with one attached hydrogen (secondary N) is 1. The van der Waals surface area contributed by atoms with Crippen molar-refractivity contribution in [2.24, 2.45) is 5.10 Å². The lowest BCUT2D eigenvalue weighted by atomic mass is 10.1. The molecule has 0 aliphatic rings. The first-order chi connectivity index (χ1) is 9.97. The van der Waals surface area contributed by atoms with Gasteiger partial charge < -0.3 is 10.2 Å². The van der Waals surface area contributed by atoms with Crippen LogP contribution in [0.5, 0.6) is 5.75 Å². The molecule has 0 aliphatic heterocycles. The molecule has 0 heterocycles. The molecule has 21 heavy (non-hydrogen) atoms. The third-order valence-electron chi connectivity index (χ3n) is 2.84. The Morgan fingerprint density at radius 3 is 2.38 bits per heavy atom. The highest BCUT2D eigenvalue weighted by molar-refractivity contribution is 6.33. The van der Waals surface area contributed by atoms with Crippen LogP contribution in [0.4, 0.5) is 5.69 Å². The molecular formula is C15H13ClN2O3. The number of aromatic hydroxyl groups is 1. The maximum absolute atomic E-state index is 10.9. The van der Waals surface area contributed by atoms with Gasteiger partial charge in [0.25, 0.3) is 0 Å². The van der Waals surface area contributed by atoms with Crippen LogP contribution in [0.15, 0.2) is 47.6 Å². The van der Waals surface area contributed by atoms with Gasteiger partial charge in [-0.05, 0) is 55.0 Å². The second-order valence-corrected chi connectivity index (χ2v) is 4.76. The van der Waals surface area contributed by atoms with E-state index < -0.39 is 5.97 Å². The number of hydrogen-bond donors (Lipinski definition) is 3. The van der Waals surface area contributed by atoms with E-state index in [0.717, 1.165) is 5.56 Å². The summed E-state index contributed by atoms with van der Waals surface area (Å²) in [4.78, 5) is 10.9. The zero-order valence-electron chi connectivity index (χ0n) is 11.2. The normalized spacial score (nSPS) is 11.2. The molecule has 0 amide bonds. The average Bonchev–Trinajstić information content (AvgIpc) is 2.46. The van der Waals surface area contributed by atoms with Gasteiger partial charge in [-0.1, -0.05) is 11.6 Å². The maximum atomic E-state index is 10.9. The van der Waals surface area contributed by atoms with Crippen molar-refractivity contribution in [1.29, 1.82) is 0 Å². The average molecular weight is 305 g/mol. The quantitative estimate of drug-likeness (QED) is 0.595. The van der Waals surface area contributed by atoms with Crippen molar-refractivity contribution >= 4 is 29.0 Å². The number of aromatic carboxylic acids is 1. The van der Waals surface area contributed by atoms with Gasteiger partial charge in [-0.25, -0.2) is 4.79 Å². The number of carbonyl (C=O) groups is 1. The summed E-state index contributed by atoms with van der Waals surface area (Å²) in [5, 5.41) is 22.7. The molecule has 0 unspecified atom stereocenters. The molecule has 2 rings (SSSR count). The van der Waals surface area contributed by atoms with Gasteiger partial charge >= 0.3 is 5.97 Å². The Morgan fingerprint density at radius 2 is 1.76 bits per heavy atom. The maximum Gasteiger partial charge on any atom is 0.335 e.